The molecule has 0 amide bonds. The number of halogens is 1. The van der Waals surface area contributed by atoms with E-state index in [1.807, 2.05) is 19.1 Å². The fraction of sp³-hybridized carbons (Fsp3) is 0.133. The molecule has 0 aliphatic rings. The third-order valence-corrected chi connectivity index (χ3v) is 2.55. The van der Waals surface area contributed by atoms with Gasteiger partial charge in [-0.1, -0.05) is 19.1 Å². The summed E-state index contributed by atoms with van der Waals surface area (Å²) in [4.78, 5) is 11.5. The highest BCUT2D eigenvalue weighted by Crippen LogP contribution is 2.15. The summed E-state index contributed by atoms with van der Waals surface area (Å²) in [5.41, 5.74) is 1.15. The Kier molecular flexibility index (Phi) is 4.13. The van der Waals surface area contributed by atoms with Crippen LogP contribution in [0.3, 0.4) is 0 Å². The highest BCUT2D eigenvalue weighted by molar-refractivity contribution is 5.67. The SMILES string of the molecule is CCc1ccc(OC(=O)Oc2ccc(F)cc2)cc1. The van der Waals surface area contributed by atoms with Crippen LogP contribution < -0.4 is 9.47 Å². The lowest BCUT2D eigenvalue weighted by Gasteiger charge is -2.05. The van der Waals surface area contributed by atoms with E-state index in [1.165, 1.54) is 24.3 Å². The first-order chi connectivity index (χ1) is 9.17. The zero-order chi connectivity index (χ0) is 13.7. The molecule has 4 heteroatoms. The van der Waals surface area contributed by atoms with Gasteiger partial charge in [0.25, 0.3) is 0 Å². The molecule has 0 fully saturated rings. The molecule has 0 radical (unpaired) electrons. The zero-order valence-corrected chi connectivity index (χ0v) is 10.4. The van der Waals surface area contributed by atoms with Crippen LogP contribution in [0.5, 0.6) is 11.5 Å². The largest absolute Gasteiger partial charge is 0.519 e. The molecule has 0 N–H and O–H groups in total. The van der Waals surface area contributed by atoms with Crippen LogP contribution >= 0.6 is 0 Å². The summed E-state index contributed by atoms with van der Waals surface area (Å²) in [6, 6.07) is 12.3. The average molecular weight is 260 g/mol. The van der Waals surface area contributed by atoms with E-state index in [9.17, 15) is 9.18 Å². The van der Waals surface area contributed by atoms with Crippen molar-refractivity contribution in [2.45, 2.75) is 13.3 Å². The zero-order valence-electron chi connectivity index (χ0n) is 10.4. The van der Waals surface area contributed by atoms with Crippen molar-refractivity contribution in [2.75, 3.05) is 0 Å². The van der Waals surface area contributed by atoms with E-state index in [2.05, 4.69) is 0 Å². The fourth-order valence-electron chi connectivity index (χ4n) is 1.51. The molecule has 3 nitrogen and oxygen atoms in total. The summed E-state index contributed by atoms with van der Waals surface area (Å²) in [6.45, 7) is 2.04. The maximum atomic E-state index is 12.7. The van der Waals surface area contributed by atoms with Crippen molar-refractivity contribution in [3.63, 3.8) is 0 Å². The van der Waals surface area contributed by atoms with Crippen LogP contribution in [0.2, 0.25) is 0 Å². The Morgan fingerprint density at radius 1 is 0.947 bits per heavy atom. The fourth-order valence-corrected chi connectivity index (χ4v) is 1.51. The average Bonchev–Trinajstić information content (AvgIpc) is 2.42. The van der Waals surface area contributed by atoms with Gasteiger partial charge in [-0.3, -0.25) is 0 Å². The maximum Gasteiger partial charge on any atom is 0.519 e. The van der Waals surface area contributed by atoms with Crippen molar-refractivity contribution >= 4 is 6.16 Å². The molecule has 0 aliphatic heterocycles. The first kappa shape index (κ1) is 13.1. The molecule has 2 rings (SSSR count). The van der Waals surface area contributed by atoms with Crippen molar-refractivity contribution in [2.24, 2.45) is 0 Å². The number of rotatable bonds is 3. The first-order valence-corrected chi connectivity index (χ1v) is 5.91. The first-order valence-electron chi connectivity index (χ1n) is 5.91. The quantitative estimate of drug-likeness (QED) is 0.619. The molecule has 0 aromatic heterocycles. The topological polar surface area (TPSA) is 35.5 Å². The summed E-state index contributed by atoms with van der Waals surface area (Å²) in [5, 5.41) is 0. The normalized spacial score (nSPS) is 10.0. The predicted octanol–water partition coefficient (Wildman–Crippen LogP) is 3.97. The lowest BCUT2D eigenvalue weighted by Crippen LogP contribution is -2.13. The number of aryl methyl sites for hydroxylation is 1. The van der Waals surface area contributed by atoms with Crippen LogP contribution in [0.4, 0.5) is 9.18 Å². The Bertz CT molecular complexity index is 547. The summed E-state index contributed by atoms with van der Waals surface area (Å²) in [7, 11) is 0. The van der Waals surface area contributed by atoms with Gasteiger partial charge in [0.1, 0.15) is 17.3 Å². The van der Waals surface area contributed by atoms with Gasteiger partial charge in [0.15, 0.2) is 0 Å². The molecule has 0 spiro atoms. The lowest BCUT2D eigenvalue weighted by atomic mass is 10.2. The number of hydrogen-bond acceptors (Lipinski definition) is 3. The summed E-state index contributed by atoms with van der Waals surface area (Å²) in [6.07, 6.45) is 0.0659. The van der Waals surface area contributed by atoms with Crippen LogP contribution in [0.25, 0.3) is 0 Å². The standard InChI is InChI=1S/C15H13FO3/c1-2-11-3-7-13(8-4-11)18-15(17)19-14-9-5-12(16)6-10-14/h3-10H,2H2,1H3. The van der Waals surface area contributed by atoms with Crippen LogP contribution in [0, 0.1) is 5.82 Å². The minimum atomic E-state index is -0.851. The van der Waals surface area contributed by atoms with E-state index < -0.39 is 12.0 Å². The molecule has 0 bridgehead atoms. The number of carbonyl (C=O) groups excluding carboxylic acids is 1. The van der Waals surface area contributed by atoms with E-state index in [0.29, 0.717) is 5.75 Å². The van der Waals surface area contributed by atoms with Crippen LogP contribution in [0.1, 0.15) is 12.5 Å². The van der Waals surface area contributed by atoms with Crippen molar-refractivity contribution in [3.8, 4) is 11.5 Å². The Balaban J connectivity index is 1.95. The highest BCUT2D eigenvalue weighted by atomic mass is 19.1. The van der Waals surface area contributed by atoms with Gasteiger partial charge in [0, 0.05) is 0 Å². The number of benzene rings is 2. The van der Waals surface area contributed by atoms with E-state index in [4.69, 9.17) is 9.47 Å². The van der Waals surface area contributed by atoms with Gasteiger partial charge >= 0.3 is 6.16 Å². The third-order valence-electron chi connectivity index (χ3n) is 2.55. The second-order valence-electron chi connectivity index (χ2n) is 3.91. The maximum absolute atomic E-state index is 12.7. The predicted molar refractivity (Wildman–Crippen MR) is 68.9 cm³/mol. The molecule has 2 aromatic carbocycles. The van der Waals surface area contributed by atoms with E-state index >= 15 is 0 Å². The van der Waals surface area contributed by atoms with E-state index in [0.717, 1.165) is 12.0 Å². The van der Waals surface area contributed by atoms with Gasteiger partial charge in [-0.15, -0.1) is 0 Å². The lowest BCUT2D eigenvalue weighted by molar-refractivity contribution is 0.152. The molecule has 0 unspecified atom stereocenters. The molecule has 0 atom stereocenters. The van der Waals surface area contributed by atoms with E-state index in [-0.39, 0.29) is 5.75 Å². The Hall–Kier alpha value is -2.36. The Morgan fingerprint density at radius 2 is 1.42 bits per heavy atom. The highest BCUT2D eigenvalue weighted by Gasteiger charge is 2.07. The number of ether oxygens (including phenoxy) is 2. The molecular formula is C15H13FO3. The van der Waals surface area contributed by atoms with Gasteiger partial charge < -0.3 is 9.47 Å². The van der Waals surface area contributed by atoms with Crippen LogP contribution in [0.15, 0.2) is 48.5 Å². The molecule has 0 saturated carbocycles. The van der Waals surface area contributed by atoms with Crippen molar-refractivity contribution in [1.82, 2.24) is 0 Å². The molecule has 0 heterocycles. The molecule has 19 heavy (non-hydrogen) atoms. The van der Waals surface area contributed by atoms with Gasteiger partial charge in [-0.2, -0.15) is 0 Å². The van der Waals surface area contributed by atoms with Gasteiger partial charge in [-0.25, -0.2) is 9.18 Å². The Labute approximate surface area is 110 Å². The van der Waals surface area contributed by atoms with Gasteiger partial charge in [0.05, 0.1) is 0 Å². The van der Waals surface area contributed by atoms with Crippen molar-refractivity contribution in [1.29, 1.82) is 0 Å². The summed E-state index contributed by atoms with van der Waals surface area (Å²) < 4.78 is 22.6. The minimum absolute atomic E-state index is 0.233. The number of hydrogen-bond donors (Lipinski definition) is 0. The van der Waals surface area contributed by atoms with Gasteiger partial charge in [-0.05, 0) is 48.4 Å². The van der Waals surface area contributed by atoms with Crippen LogP contribution in [-0.2, 0) is 6.42 Å². The third kappa shape index (κ3) is 3.81. The summed E-state index contributed by atoms with van der Waals surface area (Å²) in [5.74, 6) is 0.247. The van der Waals surface area contributed by atoms with Crippen LogP contribution in [-0.4, -0.2) is 6.16 Å². The molecule has 0 aliphatic carbocycles. The van der Waals surface area contributed by atoms with Crippen molar-refractivity contribution in [3.05, 3.63) is 59.9 Å². The molecule has 2 aromatic rings. The van der Waals surface area contributed by atoms with E-state index in [1.54, 1.807) is 12.1 Å². The van der Waals surface area contributed by atoms with Gasteiger partial charge in [0.2, 0.25) is 0 Å². The minimum Gasteiger partial charge on any atom is -0.395 e. The monoisotopic (exact) mass is 260 g/mol. The second kappa shape index (κ2) is 6.00. The molecule has 98 valence electrons. The van der Waals surface area contributed by atoms with Crippen molar-refractivity contribution < 1.29 is 18.7 Å². The number of carbonyl (C=O) groups is 1. The molecule has 0 saturated heterocycles. The smallest absolute Gasteiger partial charge is 0.395 e. The molecular weight excluding hydrogens is 247 g/mol. The second-order valence-corrected chi connectivity index (χ2v) is 3.91. The summed E-state index contributed by atoms with van der Waals surface area (Å²) >= 11 is 0. The Morgan fingerprint density at radius 3 is 1.89 bits per heavy atom.